The van der Waals surface area contributed by atoms with Gasteiger partial charge in [-0.15, -0.1) is 12.4 Å². The van der Waals surface area contributed by atoms with Crippen LogP contribution in [0.5, 0.6) is 0 Å². The van der Waals surface area contributed by atoms with E-state index < -0.39 is 5.54 Å². The first-order valence-electron chi connectivity index (χ1n) is 5.94. The highest BCUT2D eigenvalue weighted by Gasteiger charge is 2.19. The number of furan rings is 1. The van der Waals surface area contributed by atoms with Crippen molar-refractivity contribution in [3.63, 3.8) is 0 Å². The third-order valence-corrected chi connectivity index (χ3v) is 2.75. The minimum Gasteiger partial charge on any atom is -0.451 e. The van der Waals surface area contributed by atoms with E-state index in [1.807, 2.05) is 45.0 Å². The van der Waals surface area contributed by atoms with E-state index in [9.17, 15) is 4.79 Å². The van der Waals surface area contributed by atoms with Gasteiger partial charge >= 0.3 is 0 Å². The van der Waals surface area contributed by atoms with Gasteiger partial charge in [-0.1, -0.05) is 18.2 Å². The highest BCUT2D eigenvalue weighted by atomic mass is 35.5. The summed E-state index contributed by atoms with van der Waals surface area (Å²) in [5.41, 5.74) is 6.98. The molecule has 2 aromatic rings. The molecule has 1 heterocycles. The van der Waals surface area contributed by atoms with Gasteiger partial charge in [0.2, 0.25) is 0 Å². The quantitative estimate of drug-likeness (QED) is 0.909. The van der Waals surface area contributed by atoms with Gasteiger partial charge in [0.05, 0.1) is 0 Å². The summed E-state index contributed by atoms with van der Waals surface area (Å²) in [6, 6.07) is 7.61. The lowest BCUT2D eigenvalue weighted by molar-refractivity contribution is 0.0919. The smallest absolute Gasteiger partial charge is 0.287 e. The van der Waals surface area contributed by atoms with E-state index in [1.165, 1.54) is 0 Å². The SMILES string of the molecule is Cc1c(C(=O)NCC(C)(C)N)oc2ccccc12.Cl. The van der Waals surface area contributed by atoms with Crippen molar-refractivity contribution in [3.05, 3.63) is 35.6 Å². The molecule has 0 fully saturated rings. The van der Waals surface area contributed by atoms with E-state index in [0.29, 0.717) is 12.3 Å². The van der Waals surface area contributed by atoms with Crippen LogP contribution in [0.15, 0.2) is 28.7 Å². The molecule has 0 spiro atoms. The van der Waals surface area contributed by atoms with Crippen molar-refractivity contribution < 1.29 is 9.21 Å². The maximum atomic E-state index is 12.0. The van der Waals surface area contributed by atoms with Gasteiger partial charge in [-0.25, -0.2) is 0 Å². The first-order chi connectivity index (χ1) is 8.38. The van der Waals surface area contributed by atoms with Gasteiger partial charge in [0.1, 0.15) is 5.58 Å². The van der Waals surface area contributed by atoms with Crippen LogP contribution >= 0.6 is 12.4 Å². The lowest BCUT2D eigenvalue weighted by Crippen LogP contribution is -2.45. The maximum absolute atomic E-state index is 12.0. The summed E-state index contributed by atoms with van der Waals surface area (Å²) in [6.45, 7) is 6.01. The molecule has 0 unspecified atom stereocenters. The number of para-hydroxylation sites is 1. The zero-order chi connectivity index (χ0) is 13.3. The number of rotatable bonds is 3. The van der Waals surface area contributed by atoms with Crippen LogP contribution in [0.1, 0.15) is 30.0 Å². The van der Waals surface area contributed by atoms with Crippen LogP contribution in [0, 0.1) is 6.92 Å². The standard InChI is InChI=1S/C14H18N2O2.ClH/c1-9-10-6-4-5-7-11(10)18-12(9)13(17)16-8-14(2,3)15;/h4-7H,8,15H2,1-3H3,(H,16,17);1H. The zero-order valence-electron chi connectivity index (χ0n) is 11.3. The van der Waals surface area contributed by atoms with Crippen LogP contribution in [0.3, 0.4) is 0 Å². The second-order valence-electron chi connectivity index (χ2n) is 5.22. The number of carbonyl (C=O) groups is 1. The van der Waals surface area contributed by atoms with Gasteiger partial charge in [0.25, 0.3) is 5.91 Å². The molecule has 0 aliphatic rings. The molecule has 1 amide bonds. The Hall–Kier alpha value is -1.52. The number of hydrogen-bond acceptors (Lipinski definition) is 3. The van der Waals surface area contributed by atoms with Crippen molar-refractivity contribution >= 4 is 29.3 Å². The van der Waals surface area contributed by atoms with Crippen molar-refractivity contribution in [1.82, 2.24) is 5.32 Å². The molecule has 4 nitrogen and oxygen atoms in total. The maximum Gasteiger partial charge on any atom is 0.287 e. The zero-order valence-corrected chi connectivity index (χ0v) is 12.1. The Balaban J connectivity index is 0.00000180. The molecule has 0 aliphatic carbocycles. The second-order valence-corrected chi connectivity index (χ2v) is 5.22. The number of nitrogens with two attached hydrogens (primary N) is 1. The first-order valence-corrected chi connectivity index (χ1v) is 5.94. The molecule has 3 N–H and O–H groups in total. The topological polar surface area (TPSA) is 68.3 Å². The number of carbonyl (C=O) groups excluding carboxylic acids is 1. The fraction of sp³-hybridized carbons (Fsp3) is 0.357. The Morgan fingerprint density at radius 3 is 2.58 bits per heavy atom. The molecule has 0 atom stereocenters. The van der Waals surface area contributed by atoms with Crippen LogP contribution in [0.4, 0.5) is 0 Å². The van der Waals surface area contributed by atoms with Gasteiger partial charge in [0, 0.05) is 23.0 Å². The summed E-state index contributed by atoms with van der Waals surface area (Å²) in [5, 5.41) is 3.75. The van der Waals surface area contributed by atoms with E-state index in [-0.39, 0.29) is 18.3 Å². The largest absolute Gasteiger partial charge is 0.451 e. The van der Waals surface area contributed by atoms with Gasteiger partial charge in [-0.2, -0.15) is 0 Å². The molecule has 0 radical (unpaired) electrons. The van der Waals surface area contributed by atoms with Crippen LogP contribution in [0.25, 0.3) is 11.0 Å². The van der Waals surface area contributed by atoms with Crippen LogP contribution in [-0.2, 0) is 0 Å². The number of aryl methyl sites for hydroxylation is 1. The minimum absolute atomic E-state index is 0. The summed E-state index contributed by atoms with van der Waals surface area (Å²) in [5.74, 6) is 0.141. The Morgan fingerprint density at radius 2 is 2.00 bits per heavy atom. The average molecular weight is 283 g/mol. The van der Waals surface area contributed by atoms with Crippen LogP contribution in [-0.4, -0.2) is 18.0 Å². The molecule has 0 saturated heterocycles. The van der Waals surface area contributed by atoms with Crippen molar-refractivity contribution in [2.45, 2.75) is 26.3 Å². The number of benzene rings is 1. The summed E-state index contributed by atoms with van der Waals surface area (Å²) in [4.78, 5) is 12.0. The summed E-state index contributed by atoms with van der Waals surface area (Å²) >= 11 is 0. The minimum atomic E-state index is -0.435. The molecular weight excluding hydrogens is 264 g/mol. The molecule has 1 aromatic heterocycles. The molecule has 19 heavy (non-hydrogen) atoms. The summed E-state index contributed by atoms with van der Waals surface area (Å²) in [7, 11) is 0. The number of amides is 1. The monoisotopic (exact) mass is 282 g/mol. The summed E-state index contributed by atoms with van der Waals surface area (Å²) in [6.07, 6.45) is 0. The average Bonchev–Trinajstić information content (AvgIpc) is 2.64. The fourth-order valence-electron chi connectivity index (χ4n) is 1.78. The van der Waals surface area contributed by atoms with Crippen LogP contribution < -0.4 is 11.1 Å². The molecule has 0 aliphatic heterocycles. The molecule has 2 rings (SSSR count). The number of halogens is 1. The van der Waals surface area contributed by atoms with Gasteiger partial charge < -0.3 is 15.5 Å². The summed E-state index contributed by atoms with van der Waals surface area (Å²) < 4.78 is 5.57. The Bertz CT molecular complexity index is 585. The number of nitrogens with one attached hydrogen (secondary N) is 1. The van der Waals surface area contributed by atoms with Crippen molar-refractivity contribution in [2.75, 3.05) is 6.54 Å². The van der Waals surface area contributed by atoms with E-state index in [4.69, 9.17) is 10.2 Å². The molecule has 5 heteroatoms. The van der Waals surface area contributed by atoms with E-state index in [0.717, 1.165) is 16.5 Å². The Morgan fingerprint density at radius 1 is 1.37 bits per heavy atom. The molecular formula is C14H19ClN2O2. The van der Waals surface area contributed by atoms with E-state index in [1.54, 1.807) is 0 Å². The van der Waals surface area contributed by atoms with Gasteiger partial charge in [-0.3, -0.25) is 4.79 Å². The molecule has 0 saturated carbocycles. The van der Waals surface area contributed by atoms with Crippen LogP contribution in [0.2, 0.25) is 0 Å². The lowest BCUT2D eigenvalue weighted by atomic mass is 10.1. The van der Waals surface area contributed by atoms with Crippen molar-refractivity contribution in [2.24, 2.45) is 5.73 Å². The first kappa shape index (κ1) is 15.5. The Labute approximate surface area is 118 Å². The highest BCUT2D eigenvalue weighted by Crippen LogP contribution is 2.24. The third-order valence-electron chi connectivity index (χ3n) is 2.75. The molecule has 0 bridgehead atoms. The number of fused-ring (bicyclic) bond motifs is 1. The third kappa shape index (κ3) is 3.49. The Kier molecular flexibility index (Phi) is 4.61. The van der Waals surface area contributed by atoms with E-state index >= 15 is 0 Å². The van der Waals surface area contributed by atoms with Crippen molar-refractivity contribution in [3.8, 4) is 0 Å². The van der Waals surface area contributed by atoms with Gasteiger partial charge in [0.15, 0.2) is 5.76 Å². The fourth-order valence-corrected chi connectivity index (χ4v) is 1.78. The molecule has 1 aromatic carbocycles. The molecule has 104 valence electrons. The normalized spacial score (nSPS) is 11.2. The van der Waals surface area contributed by atoms with E-state index in [2.05, 4.69) is 5.32 Å². The van der Waals surface area contributed by atoms with Gasteiger partial charge in [-0.05, 0) is 26.8 Å². The van der Waals surface area contributed by atoms with Crippen molar-refractivity contribution in [1.29, 1.82) is 0 Å². The lowest BCUT2D eigenvalue weighted by Gasteiger charge is -2.18. The highest BCUT2D eigenvalue weighted by molar-refractivity contribution is 5.98. The predicted octanol–water partition coefficient (Wildman–Crippen LogP) is 2.63. The number of hydrogen-bond donors (Lipinski definition) is 2. The second kappa shape index (κ2) is 5.63. The predicted molar refractivity (Wildman–Crippen MR) is 78.8 cm³/mol.